The fourth-order valence-electron chi connectivity index (χ4n) is 4.28. The van der Waals surface area contributed by atoms with Crippen molar-refractivity contribution in [3.8, 4) is 17.2 Å². The lowest BCUT2D eigenvalue weighted by molar-refractivity contribution is -0.119. The minimum Gasteiger partial charge on any atom is -0.491 e. The molecule has 1 aromatic carbocycles. The third-order valence-corrected chi connectivity index (χ3v) is 5.68. The number of carbonyl (C=O) groups is 1. The Hall–Kier alpha value is -3.61. The number of hydrogen-bond acceptors (Lipinski definition) is 6. The molecule has 7 nitrogen and oxygen atoms in total. The Morgan fingerprint density at radius 1 is 1.03 bits per heavy atom. The van der Waals surface area contributed by atoms with Crippen LogP contribution < -0.4 is 19.5 Å². The van der Waals surface area contributed by atoms with E-state index in [1.54, 1.807) is 18.5 Å². The zero-order chi connectivity index (χ0) is 19.4. The largest absolute Gasteiger partial charge is 0.491 e. The number of anilines is 1. The van der Waals surface area contributed by atoms with E-state index in [0.29, 0.717) is 36.0 Å². The number of amides is 1. The van der Waals surface area contributed by atoms with Gasteiger partial charge in [-0.15, -0.1) is 0 Å². The second kappa shape index (κ2) is 5.94. The number of hydrogen-bond donors (Lipinski definition) is 1. The fraction of sp³-hybridized carbons (Fsp3) is 0.227. The molecular formula is C22H17N3O4. The van der Waals surface area contributed by atoms with Gasteiger partial charge in [-0.2, -0.15) is 0 Å². The predicted molar refractivity (Wildman–Crippen MR) is 103 cm³/mol. The van der Waals surface area contributed by atoms with E-state index in [0.717, 1.165) is 16.9 Å². The molecule has 1 N–H and O–H groups in total. The van der Waals surface area contributed by atoms with Crippen molar-refractivity contribution in [3.63, 3.8) is 0 Å². The second-order valence-electron chi connectivity index (χ2n) is 7.42. The number of pyridine rings is 2. The normalized spacial score (nSPS) is 23.3. The standard InChI is InChI=1S/C22H17N3O4/c26-21-22(20-16(25-21)5-3-7-24-20)12-28-17-10-18-19(9-15(17)22)29-14(11-27-18)8-13-4-1-2-6-23-13/h1-7,9-10,14H,8,11-12H2,(H,25,26). The summed E-state index contributed by atoms with van der Waals surface area (Å²) in [5, 5.41) is 2.93. The van der Waals surface area contributed by atoms with E-state index in [2.05, 4.69) is 15.3 Å². The summed E-state index contributed by atoms with van der Waals surface area (Å²) in [5.74, 6) is 1.73. The van der Waals surface area contributed by atoms with Crippen LogP contribution in [0.15, 0.2) is 54.9 Å². The summed E-state index contributed by atoms with van der Waals surface area (Å²) >= 11 is 0. The lowest BCUT2D eigenvalue weighted by Crippen LogP contribution is -2.38. The highest BCUT2D eigenvalue weighted by Gasteiger charge is 2.55. The first kappa shape index (κ1) is 16.4. The molecule has 0 saturated carbocycles. The molecule has 5 heterocycles. The van der Waals surface area contributed by atoms with Crippen molar-refractivity contribution in [2.75, 3.05) is 18.5 Å². The number of fused-ring (bicyclic) bond motifs is 5. The van der Waals surface area contributed by atoms with Crippen LogP contribution in [-0.4, -0.2) is 35.2 Å². The highest BCUT2D eigenvalue weighted by atomic mass is 16.6. The van der Waals surface area contributed by atoms with Crippen LogP contribution in [-0.2, 0) is 16.6 Å². The van der Waals surface area contributed by atoms with E-state index in [1.165, 1.54) is 0 Å². The van der Waals surface area contributed by atoms with Crippen molar-refractivity contribution in [2.45, 2.75) is 17.9 Å². The summed E-state index contributed by atoms with van der Waals surface area (Å²) in [6.07, 6.45) is 3.95. The van der Waals surface area contributed by atoms with Gasteiger partial charge in [0.2, 0.25) is 5.91 Å². The summed E-state index contributed by atoms with van der Waals surface area (Å²) < 4.78 is 18.1. The first-order valence-electron chi connectivity index (χ1n) is 9.52. The van der Waals surface area contributed by atoms with Gasteiger partial charge in [0.1, 0.15) is 25.1 Å². The third-order valence-electron chi connectivity index (χ3n) is 5.68. The van der Waals surface area contributed by atoms with Crippen molar-refractivity contribution in [1.82, 2.24) is 9.97 Å². The molecule has 3 aliphatic rings. The first-order chi connectivity index (χ1) is 14.2. The van der Waals surface area contributed by atoms with E-state index >= 15 is 0 Å². The second-order valence-corrected chi connectivity index (χ2v) is 7.42. The topological polar surface area (TPSA) is 82.6 Å². The molecule has 7 heteroatoms. The number of nitrogens with zero attached hydrogens (tertiary/aromatic N) is 2. The molecule has 0 bridgehead atoms. The molecule has 0 saturated heterocycles. The smallest absolute Gasteiger partial charge is 0.244 e. The molecule has 1 amide bonds. The minimum atomic E-state index is -0.960. The van der Waals surface area contributed by atoms with Crippen LogP contribution in [0, 0.1) is 0 Å². The number of rotatable bonds is 2. The molecule has 1 spiro atoms. The summed E-state index contributed by atoms with van der Waals surface area (Å²) in [6.45, 7) is 0.636. The Balaban J connectivity index is 1.38. The SMILES string of the molecule is O=C1Nc2cccnc2C12COc1cc3c(cc12)OC(Cc1ccccn1)CO3. The van der Waals surface area contributed by atoms with Crippen molar-refractivity contribution >= 4 is 11.6 Å². The van der Waals surface area contributed by atoms with Crippen LogP contribution in [0.4, 0.5) is 5.69 Å². The zero-order valence-electron chi connectivity index (χ0n) is 15.4. The van der Waals surface area contributed by atoms with E-state index in [9.17, 15) is 4.79 Å². The van der Waals surface area contributed by atoms with Gasteiger partial charge in [-0.05, 0) is 30.3 Å². The van der Waals surface area contributed by atoms with Crippen molar-refractivity contribution in [1.29, 1.82) is 0 Å². The summed E-state index contributed by atoms with van der Waals surface area (Å²) in [6, 6.07) is 13.1. The van der Waals surface area contributed by atoms with Gasteiger partial charge in [0.15, 0.2) is 16.9 Å². The van der Waals surface area contributed by atoms with Gasteiger partial charge in [0.05, 0.1) is 11.4 Å². The van der Waals surface area contributed by atoms with E-state index in [-0.39, 0.29) is 18.6 Å². The van der Waals surface area contributed by atoms with Crippen LogP contribution in [0.25, 0.3) is 0 Å². The molecule has 29 heavy (non-hydrogen) atoms. The van der Waals surface area contributed by atoms with Gasteiger partial charge in [-0.1, -0.05) is 6.07 Å². The van der Waals surface area contributed by atoms with Crippen molar-refractivity contribution in [2.24, 2.45) is 0 Å². The number of aromatic nitrogens is 2. The van der Waals surface area contributed by atoms with Crippen LogP contribution in [0.1, 0.15) is 17.0 Å². The summed E-state index contributed by atoms with van der Waals surface area (Å²) in [5.41, 5.74) is 2.15. The highest BCUT2D eigenvalue weighted by Crippen LogP contribution is 2.52. The Morgan fingerprint density at radius 2 is 1.97 bits per heavy atom. The van der Waals surface area contributed by atoms with E-state index in [1.807, 2.05) is 36.4 Å². The predicted octanol–water partition coefficient (Wildman–Crippen LogP) is 2.49. The number of benzene rings is 1. The van der Waals surface area contributed by atoms with Gasteiger partial charge in [0, 0.05) is 36.1 Å². The first-order valence-corrected chi connectivity index (χ1v) is 9.52. The lowest BCUT2D eigenvalue weighted by atomic mass is 9.79. The molecule has 2 unspecified atom stereocenters. The van der Waals surface area contributed by atoms with E-state index in [4.69, 9.17) is 14.2 Å². The third kappa shape index (κ3) is 2.33. The number of carbonyl (C=O) groups excluding carboxylic acids is 1. The zero-order valence-corrected chi connectivity index (χ0v) is 15.4. The van der Waals surface area contributed by atoms with Gasteiger partial charge >= 0.3 is 0 Å². The molecule has 6 rings (SSSR count). The summed E-state index contributed by atoms with van der Waals surface area (Å²) in [7, 11) is 0. The minimum absolute atomic E-state index is 0.133. The van der Waals surface area contributed by atoms with Crippen LogP contribution in [0.3, 0.4) is 0 Å². The Morgan fingerprint density at radius 3 is 2.86 bits per heavy atom. The van der Waals surface area contributed by atoms with Gasteiger partial charge in [0.25, 0.3) is 0 Å². The van der Waals surface area contributed by atoms with Gasteiger partial charge in [-0.25, -0.2) is 0 Å². The van der Waals surface area contributed by atoms with Crippen LogP contribution in [0.5, 0.6) is 17.2 Å². The average molecular weight is 387 g/mol. The van der Waals surface area contributed by atoms with Crippen LogP contribution in [0.2, 0.25) is 0 Å². The number of ether oxygens (including phenoxy) is 3. The molecule has 144 valence electrons. The molecule has 0 aliphatic carbocycles. The van der Waals surface area contributed by atoms with Crippen molar-refractivity contribution < 1.29 is 19.0 Å². The Labute approximate surface area is 166 Å². The molecule has 2 atom stereocenters. The average Bonchev–Trinajstić information content (AvgIpc) is 3.26. The fourth-order valence-corrected chi connectivity index (χ4v) is 4.28. The van der Waals surface area contributed by atoms with E-state index < -0.39 is 5.41 Å². The lowest BCUT2D eigenvalue weighted by Gasteiger charge is -2.27. The maximum Gasteiger partial charge on any atom is 0.244 e. The number of nitrogens with one attached hydrogen (secondary N) is 1. The Bertz CT molecular complexity index is 1130. The summed E-state index contributed by atoms with van der Waals surface area (Å²) in [4.78, 5) is 21.8. The quantitative estimate of drug-likeness (QED) is 0.728. The van der Waals surface area contributed by atoms with Gasteiger partial charge in [-0.3, -0.25) is 14.8 Å². The monoisotopic (exact) mass is 387 g/mol. The maximum absolute atomic E-state index is 13.0. The molecule has 2 aromatic heterocycles. The molecular weight excluding hydrogens is 370 g/mol. The maximum atomic E-state index is 13.0. The van der Waals surface area contributed by atoms with Crippen molar-refractivity contribution in [3.05, 3.63) is 71.8 Å². The molecule has 3 aromatic rings. The van der Waals surface area contributed by atoms with Gasteiger partial charge < -0.3 is 19.5 Å². The molecule has 0 radical (unpaired) electrons. The highest BCUT2D eigenvalue weighted by molar-refractivity contribution is 6.09. The Kier molecular flexibility index (Phi) is 3.35. The molecule has 0 fully saturated rings. The molecule has 3 aliphatic heterocycles. The van der Waals surface area contributed by atoms with Crippen LogP contribution >= 0.6 is 0 Å².